The van der Waals surface area contributed by atoms with Gasteiger partial charge < -0.3 is 10.6 Å². The molecule has 0 aromatic carbocycles. The van der Waals surface area contributed by atoms with Gasteiger partial charge in [0.05, 0.1) is 6.04 Å². The van der Waals surface area contributed by atoms with E-state index in [1.54, 1.807) is 0 Å². The maximum absolute atomic E-state index is 11.7. The molecule has 2 rings (SSSR count). The number of thioether (sulfide) groups is 1. The highest BCUT2D eigenvalue weighted by Gasteiger charge is 2.24. The van der Waals surface area contributed by atoms with Crippen molar-refractivity contribution < 1.29 is 4.79 Å². The van der Waals surface area contributed by atoms with Crippen LogP contribution in [0.4, 0.5) is 0 Å². The molecule has 86 valence electrons. The summed E-state index contributed by atoms with van der Waals surface area (Å²) in [5, 5.41) is 6.49. The van der Waals surface area contributed by atoms with E-state index >= 15 is 0 Å². The Morgan fingerprint density at radius 1 is 1.27 bits per heavy atom. The van der Waals surface area contributed by atoms with Crippen LogP contribution in [0.25, 0.3) is 0 Å². The molecule has 0 spiro atoms. The largest absolute Gasteiger partial charge is 0.355 e. The molecule has 4 heteroatoms. The summed E-state index contributed by atoms with van der Waals surface area (Å²) >= 11 is 2.00. The van der Waals surface area contributed by atoms with Gasteiger partial charge in [0.15, 0.2) is 0 Å². The maximum atomic E-state index is 11.7. The first-order chi connectivity index (χ1) is 7.36. The minimum atomic E-state index is 0.0659. The van der Waals surface area contributed by atoms with Crippen LogP contribution in [0.2, 0.25) is 0 Å². The van der Waals surface area contributed by atoms with E-state index in [0.717, 1.165) is 25.8 Å². The highest BCUT2D eigenvalue weighted by atomic mass is 32.2. The Balaban J connectivity index is 1.82. The Labute approximate surface area is 95.8 Å². The lowest BCUT2D eigenvalue weighted by Gasteiger charge is -2.26. The van der Waals surface area contributed by atoms with Gasteiger partial charge in [-0.1, -0.05) is 0 Å². The normalized spacial score (nSPS) is 33.2. The van der Waals surface area contributed by atoms with Crippen molar-refractivity contribution in [2.45, 2.75) is 44.2 Å². The SMILES string of the molecule is O=C1NCCCCC1NC1CCCSC1. The fraction of sp³-hybridized carbons (Fsp3) is 0.909. The van der Waals surface area contributed by atoms with Crippen LogP contribution in [-0.4, -0.2) is 36.0 Å². The van der Waals surface area contributed by atoms with Crippen LogP contribution in [0, 0.1) is 0 Å². The molecule has 0 aliphatic carbocycles. The zero-order valence-electron chi connectivity index (χ0n) is 9.13. The van der Waals surface area contributed by atoms with Gasteiger partial charge in [0.25, 0.3) is 0 Å². The summed E-state index contributed by atoms with van der Waals surface area (Å²) in [4.78, 5) is 11.7. The van der Waals surface area contributed by atoms with E-state index in [9.17, 15) is 4.79 Å². The minimum Gasteiger partial charge on any atom is -0.355 e. The molecule has 0 bridgehead atoms. The van der Waals surface area contributed by atoms with Crippen LogP contribution < -0.4 is 10.6 Å². The first-order valence-electron chi connectivity index (χ1n) is 5.98. The van der Waals surface area contributed by atoms with E-state index < -0.39 is 0 Å². The number of hydrogen-bond acceptors (Lipinski definition) is 3. The smallest absolute Gasteiger partial charge is 0.237 e. The van der Waals surface area contributed by atoms with Gasteiger partial charge in [-0.3, -0.25) is 4.79 Å². The van der Waals surface area contributed by atoms with Crippen LogP contribution >= 0.6 is 11.8 Å². The van der Waals surface area contributed by atoms with Crippen molar-refractivity contribution in [1.29, 1.82) is 0 Å². The lowest BCUT2D eigenvalue weighted by molar-refractivity contribution is -0.123. The number of carbonyl (C=O) groups excluding carboxylic acids is 1. The van der Waals surface area contributed by atoms with Gasteiger partial charge in [-0.05, 0) is 37.9 Å². The van der Waals surface area contributed by atoms with Gasteiger partial charge in [0, 0.05) is 18.3 Å². The molecule has 15 heavy (non-hydrogen) atoms. The molecule has 2 aliphatic rings. The minimum absolute atomic E-state index is 0.0659. The molecule has 2 N–H and O–H groups in total. The molecule has 2 unspecified atom stereocenters. The van der Waals surface area contributed by atoms with Crippen molar-refractivity contribution >= 4 is 17.7 Å². The number of nitrogens with one attached hydrogen (secondary N) is 2. The van der Waals surface area contributed by atoms with Crippen molar-refractivity contribution in [3.05, 3.63) is 0 Å². The highest BCUT2D eigenvalue weighted by molar-refractivity contribution is 7.99. The Bertz CT molecular complexity index is 217. The van der Waals surface area contributed by atoms with E-state index in [0.29, 0.717) is 6.04 Å². The molecular weight excluding hydrogens is 208 g/mol. The molecule has 2 fully saturated rings. The third-order valence-electron chi connectivity index (χ3n) is 3.13. The zero-order chi connectivity index (χ0) is 10.5. The van der Waals surface area contributed by atoms with Crippen LogP contribution in [0.1, 0.15) is 32.1 Å². The zero-order valence-corrected chi connectivity index (χ0v) is 9.94. The summed E-state index contributed by atoms with van der Waals surface area (Å²) in [5.41, 5.74) is 0. The quantitative estimate of drug-likeness (QED) is 0.745. The van der Waals surface area contributed by atoms with E-state index in [-0.39, 0.29) is 11.9 Å². The first kappa shape index (κ1) is 11.3. The summed E-state index contributed by atoms with van der Waals surface area (Å²) in [7, 11) is 0. The van der Waals surface area contributed by atoms with E-state index in [1.165, 1.54) is 24.3 Å². The Morgan fingerprint density at radius 2 is 2.20 bits per heavy atom. The number of amides is 1. The van der Waals surface area contributed by atoms with Crippen molar-refractivity contribution in [2.24, 2.45) is 0 Å². The molecule has 1 amide bonds. The van der Waals surface area contributed by atoms with Crippen molar-refractivity contribution in [2.75, 3.05) is 18.1 Å². The van der Waals surface area contributed by atoms with E-state index in [1.807, 2.05) is 11.8 Å². The van der Waals surface area contributed by atoms with Gasteiger partial charge in [-0.15, -0.1) is 0 Å². The molecule has 0 aromatic rings. The Hall–Kier alpha value is -0.220. The number of rotatable bonds is 2. The van der Waals surface area contributed by atoms with Gasteiger partial charge >= 0.3 is 0 Å². The van der Waals surface area contributed by atoms with E-state index in [2.05, 4.69) is 10.6 Å². The van der Waals surface area contributed by atoms with Gasteiger partial charge in [-0.2, -0.15) is 11.8 Å². The van der Waals surface area contributed by atoms with Crippen LogP contribution in [0.3, 0.4) is 0 Å². The van der Waals surface area contributed by atoms with Crippen molar-refractivity contribution in [3.63, 3.8) is 0 Å². The summed E-state index contributed by atoms with van der Waals surface area (Å²) in [5.74, 6) is 2.67. The third-order valence-corrected chi connectivity index (χ3v) is 4.35. The maximum Gasteiger partial charge on any atom is 0.237 e. The molecule has 3 nitrogen and oxygen atoms in total. The molecular formula is C11H20N2OS. The monoisotopic (exact) mass is 228 g/mol. The molecule has 0 saturated carbocycles. The standard InChI is InChI=1S/C11H20N2OS/c14-11-10(5-1-2-6-12-11)13-9-4-3-7-15-8-9/h9-10,13H,1-8H2,(H,12,14). The predicted molar refractivity (Wildman–Crippen MR) is 64.1 cm³/mol. The second kappa shape index (κ2) is 5.75. The molecule has 2 aliphatic heterocycles. The Morgan fingerprint density at radius 3 is 3.00 bits per heavy atom. The Kier molecular flexibility index (Phi) is 4.32. The summed E-state index contributed by atoms with van der Waals surface area (Å²) in [6.07, 6.45) is 5.82. The summed E-state index contributed by atoms with van der Waals surface area (Å²) < 4.78 is 0. The van der Waals surface area contributed by atoms with Gasteiger partial charge in [0.2, 0.25) is 5.91 Å². The lowest BCUT2D eigenvalue weighted by Crippen LogP contribution is -2.48. The third kappa shape index (κ3) is 3.38. The second-order valence-electron chi connectivity index (χ2n) is 4.42. The average Bonchev–Trinajstić information content (AvgIpc) is 2.46. The molecule has 2 saturated heterocycles. The molecule has 0 radical (unpaired) electrons. The molecule has 0 aromatic heterocycles. The predicted octanol–water partition coefficient (Wildman–Crippen LogP) is 1.14. The fourth-order valence-corrected chi connectivity index (χ4v) is 3.34. The van der Waals surface area contributed by atoms with Crippen LogP contribution in [0.5, 0.6) is 0 Å². The van der Waals surface area contributed by atoms with E-state index in [4.69, 9.17) is 0 Å². The summed E-state index contributed by atoms with van der Waals surface area (Å²) in [6.45, 7) is 0.858. The summed E-state index contributed by atoms with van der Waals surface area (Å²) in [6, 6.07) is 0.619. The van der Waals surface area contributed by atoms with Gasteiger partial charge in [0.1, 0.15) is 0 Å². The number of hydrogen-bond donors (Lipinski definition) is 2. The highest BCUT2D eigenvalue weighted by Crippen LogP contribution is 2.18. The number of carbonyl (C=O) groups is 1. The van der Waals surface area contributed by atoms with Crippen molar-refractivity contribution in [3.8, 4) is 0 Å². The lowest BCUT2D eigenvalue weighted by atomic mass is 10.1. The molecule has 2 atom stereocenters. The fourth-order valence-electron chi connectivity index (χ4n) is 2.26. The molecule has 2 heterocycles. The van der Waals surface area contributed by atoms with Crippen LogP contribution in [-0.2, 0) is 4.79 Å². The topological polar surface area (TPSA) is 41.1 Å². The average molecular weight is 228 g/mol. The van der Waals surface area contributed by atoms with Crippen LogP contribution in [0.15, 0.2) is 0 Å². The first-order valence-corrected chi connectivity index (χ1v) is 7.13. The second-order valence-corrected chi connectivity index (χ2v) is 5.57. The van der Waals surface area contributed by atoms with Crippen molar-refractivity contribution in [1.82, 2.24) is 10.6 Å². The van der Waals surface area contributed by atoms with Gasteiger partial charge in [-0.25, -0.2) is 0 Å².